The van der Waals surface area contributed by atoms with Crippen molar-refractivity contribution in [2.75, 3.05) is 39.2 Å². The van der Waals surface area contributed by atoms with Crippen molar-refractivity contribution in [1.29, 1.82) is 5.26 Å². The number of likely N-dealkylation sites (tertiary alicyclic amines) is 1. The van der Waals surface area contributed by atoms with Gasteiger partial charge in [-0.05, 0) is 65.9 Å². The number of aryl methyl sites for hydroxylation is 1. The Labute approximate surface area is 196 Å². The lowest BCUT2D eigenvalue weighted by atomic mass is 9.93. The number of fused-ring (bicyclic) bond motifs is 1. The summed E-state index contributed by atoms with van der Waals surface area (Å²) in [6, 6.07) is 15.6. The van der Waals surface area contributed by atoms with Crippen LogP contribution < -0.4 is 5.32 Å². The van der Waals surface area contributed by atoms with Crippen LogP contribution in [0.25, 0.3) is 17.2 Å². The number of rotatable bonds is 7. The number of nitrogens with one attached hydrogen (secondary N) is 1. The first-order valence-corrected chi connectivity index (χ1v) is 11.6. The van der Waals surface area contributed by atoms with Gasteiger partial charge in [0.15, 0.2) is 0 Å². The number of hydrogen-bond acceptors (Lipinski definition) is 5. The van der Waals surface area contributed by atoms with Gasteiger partial charge >= 0.3 is 0 Å². The van der Waals surface area contributed by atoms with Crippen LogP contribution in [0.15, 0.2) is 42.6 Å². The van der Waals surface area contributed by atoms with E-state index in [1.165, 1.54) is 33.5 Å². The molecule has 172 valence electrons. The molecule has 6 heteroatoms. The monoisotopic (exact) mass is 444 g/mol. The van der Waals surface area contributed by atoms with Crippen LogP contribution in [0.2, 0.25) is 0 Å². The Morgan fingerprint density at radius 3 is 2.79 bits per heavy atom. The number of benzene rings is 2. The second-order valence-electron chi connectivity index (χ2n) is 8.91. The molecule has 0 radical (unpaired) electrons. The first kappa shape index (κ1) is 22.9. The molecule has 1 saturated heterocycles. The molecule has 0 saturated carbocycles. The van der Waals surface area contributed by atoms with Crippen LogP contribution in [-0.4, -0.2) is 55.6 Å². The van der Waals surface area contributed by atoms with Gasteiger partial charge in [0.25, 0.3) is 0 Å². The van der Waals surface area contributed by atoms with E-state index in [4.69, 9.17) is 10.00 Å². The van der Waals surface area contributed by atoms with E-state index in [0.717, 1.165) is 38.9 Å². The number of ether oxygens (including phenoxy) is 1. The number of methoxy groups -OCH3 is 1. The SMILES string of the molecule is COCC(=O)N1CCC(Nc2cc(-c3cccc(CCC#N)c3)cc3c2CN(C)C=C3)CC1. The molecule has 2 aliphatic heterocycles. The molecule has 1 amide bonds. The molecule has 2 aromatic carbocycles. The lowest BCUT2D eigenvalue weighted by molar-refractivity contribution is -0.136. The normalized spacial score (nSPS) is 15.8. The van der Waals surface area contributed by atoms with Gasteiger partial charge in [-0.3, -0.25) is 4.79 Å². The average Bonchev–Trinajstić information content (AvgIpc) is 2.83. The molecule has 4 rings (SSSR count). The van der Waals surface area contributed by atoms with Gasteiger partial charge in [-0.1, -0.05) is 24.3 Å². The standard InChI is InChI=1S/C27H32N4O2/c1-30-12-8-22-16-23(21-7-3-5-20(15-21)6-4-11-28)17-26(25(22)18-30)29-24-9-13-31(14-10-24)27(32)19-33-2/h3,5,7-8,12,15-17,24,29H,4,6,9-10,13-14,18-19H2,1-2H3. The van der Waals surface area contributed by atoms with Crippen LogP contribution in [0.4, 0.5) is 5.69 Å². The zero-order chi connectivity index (χ0) is 23.2. The number of anilines is 1. The summed E-state index contributed by atoms with van der Waals surface area (Å²) in [6.07, 6.45) is 7.44. The fraction of sp³-hybridized carbons (Fsp3) is 0.407. The zero-order valence-corrected chi connectivity index (χ0v) is 19.5. The molecule has 1 N–H and O–H groups in total. The van der Waals surface area contributed by atoms with Crippen LogP contribution in [0.1, 0.15) is 36.0 Å². The third kappa shape index (κ3) is 5.55. The maximum absolute atomic E-state index is 12.1. The molecular weight excluding hydrogens is 412 g/mol. The Hall–Kier alpha value is -3.30. The number of carbonyl (C=O) groups is 1. The third-order valence-corrected chi connectivity index (χ3v) is 6.46. The lowest BCUT2D eigenvalue weighted by Gasteiger charge is -2.34. The van der Waals surface area contributed by atoms with Crippen molar-refractivity contribution in [3.8, 4) is 17.2 Å². The van der Waals surface area contributed by atoms with Gasteiger partial charge in [-0.15, -0.1) is 0 Å². The van der Waals surface area contributed by atoms with Crippen molar-refractivity contribution >= 4 is 17.7 Å². The number of amides is 1. The molecule has 0 spiro atoms. The molecule has 0 atom stereocenters. The highest BCUT2D eigenvalue weighted by molar-refractivity contribution is 5.78. The summed E-state index contributed by atoms with van der Waals surface area (Å²) < 4.78 is 5.00. The van der Waals surface area contributed by atoms with Crippen molar-refractivity contribution in [2.24, 2.45) is 0 Å². The minimum Gasteiger partial charge on any atom is -0.382 e. The largest absolute Gasteiger partial charge is 0.382 e. The van der Waals surface area contributed by atoms with E-state index in [-0.39, 0.29) is 12.5 Å². The summed E-state index contributed by atoms with van der Waals surface area (Å²) in [4.78, 5) is 16.2. The van der Waals surface area contributed by atoms with Gasteiger partial charge in [-0.2, -0.15) is 5.26 Å². The van der Waals surface area contributed by atoms with E-state index in [2.05, 4.69) is 72.0 Å². The molecule has 1 fully saturated rings. The van der Waals surface area contributed by atoms with E-state index in [0.29, 0.717) is 12.5 Å². The van der Waals surface area contributed by atoms with E-state index in [9.17, 15) is 4.79 Å². The van der Waals surface area contributed by atoms with Gasteiger partial charge in [-0.25, -0.2) is 0 Å². The highest BCUT2D eigenvalue weighted by Gasteiger charge is 2.24. The van der Waals surface area contributed by atoms with E-state index in [1.54, 1.807) is 7.11 Å². The molecule has 33 heavy (non-hydrogen) atoms. The molecule has 2 aliphatic rings. The molecule has 0 unspecified atom stereocenters. The Balaban J connectivity index is 1.57. The molecule has 0 aromatic heterocycles. The van der Waals surface area contributed by atoms with E-state index in [1.807, 2.05) is 4.90 Å². The molecule has 2 heterocycles. The summed E-state index contributed by atoms with van der Waals surface area (Å²) in [5.74, 6) is 0.0679. The Morgan fingerprint density at radius 2 is 2.03 bits per heavy atom. The first-order valence-electron chi connectivity index (χ1n) is 11.6. The minimum atomic E-state index is 0.0679. The van der Waals surface area contributed by atoms with Crippen LogP contribution in [-0.2, 0) is 22.5 Å². The second kappa shape index (κ2) is 10.5. The molecule has 0 bridgehead atoms. The van der Waals surface area contributed by atoms with Gasteiger partial charge in [0.05, 0.1) is 6.07 Å². The molecular formula is C27H32N4O2. The predicted molar refractivity (Wildman–Crippen MR) is 131 cm³/mol. The number of piperidine rings is 1. The second-order valence-corrected chi connectivity index (χ2v) is 8.91. The lowest BCUT2D eigenvalue weighted by Crippen LogP contribution is -2.43. The van der Waals surface area contributed by atoms with Crippen molar-refractivity contribution in [3.63, 3.8) is 0 Å². The average molecular weight is 445 g/mol. The third-order valence-electron chi connectivity index (χ3n) is 6.46. The first-order chi connectivity index (χ1) is 16.1. The smallest absolute Gasteiger partial charge is 0.248 e. The number of nitriles is 1. The van der Waals surface area contributed by atoms with Gasteiger partial charge in [0, 0.05) is 57.5 Å². The Morgan fingerprint density at radius 1 is 1.21 bits per heavy atom. The number of hydrogen-bond donors (Lipinski definition) is 1. The highest BCUT2D eigenvalue weighted by Crippen LogP contribution is 2.34. The van der Waals surface area contributed by atoms with Crippen LogP contribution in [0.5, 0.6) is 0 Å². The maximum Gasteiger partial charge on any atom is 0.248 e. The van der Waals surface area contributed by atoms with E-state index >= 15 is 0 Å². The van der Waals surface area contributed by atoms with Crippen molar-refractivity contribution in [2.45, 2.75) is 38.3 Å². The quantitative estimate of drug-likeness (QED) is 0.691. The van der Waals surface area contributed by atoms with Gasteiger partial charge in [0.2, 0.25) is 5.91 Å². The van der Waals surface area contributed by atoms with Crippen LogP contribution in [0, 0.1) is 11.3 Å². The van der Waals surface area contributed by atoms with E-state index < -0.39 is 0 Å². The van der Waals surface area contributed by atoms with Gasteiger partial charge < -0.3 is 19.9 Å². The Kier molecular flexibility index (Phi) is 7.31. The summed E-state index contributed by atoms with van der Waals surface area (Å²) in [6.45, 7) is 2.52. The van der Waals surface area contributed by atoms with Crippen LogP contribution in [0.3, 0.4) is 0 Å². The summed E-state index contributed by atoms with van der Waals surface area (Å²) in [5.41, 5.74) is 7.25. The molecule has 6 nitrogen and oxygen atoms in total. The van der Waals surface area contributed by atoms with Crippen molar-refractivity contribution < 1.29 is 9.53 Å². The number of nitrogens with zero attached hydrogens (tertiary/aromatic N) is 3. The highest BCUT2D eigenvalue weighted by atomic mass is 16.5. The fourth-order valence-electron chi connectivity index (χ4n) is 4.64. The number of carbonyl (C=O) groups excluding carboxylic acids is 1. The van der Waals surface area contributed by atoms with Crippen molar-refractivity contribution in [1.82, 2.24) is 9.80 Å². The summed E-state index contributed by atoms with van der Waals surface area (Å²) >= 11 is 0. The minimum absolute atomic E-state index is 0.0679. The molecule has 0 aliphatic carbocycles. The summed E-state index contributed by atoms with van der Waals surface area (Å²) in [5, 5.41) is 12.7. The maximum atomic E-state index is 12.1. The topological polar surface area (TPSA) is 68.6 Å². The van der Waals surface area contributed by atoms with Gasteiger partial charge in [0.1, 0.15) is 6.61 Å². The Bertz CT molecular complexity index is 1060. The molecule has 2 aromatic rings. The van der Waals surface area contributed by atoms with Crippen LogP contribution >= 0.6 is 0 Å². The summed E-state index contributed by atoms with van der Waals surface area (Å²) in [7, 11) is 3.66. The fourth-order valence-corrected chi connectivity index (χ4v) is 4.64. The zero-order valence-electron chi connectivity index (χ0n) is 19.5. The van der Waals surface area contributed by atoms with Crippen molar-refractivity contribution in [3.05, 3.63) is 59.3 Å². The predicted octanol–water partition coefficient (Wildman–Crippen LogP) is 4.28.